The topological polar surface area (TPSA) is 40.6 Å². The Balaban J connectivity index is 1.68. The van der Waals surface area contributed by atoms with Crippen LogP contribution in [0.15, 0.2) is 18.3 Å². The zero-order chi connectivity index (χ0) is 14.2. The summed E-state index contributed by atoms with van der Waals surface area (Å²) >= 11 is 0. The smallest absolute Gasteiger partial charge is 0.138 e. The monoisotopic (exact) mass is 275 g/mol. The van der Waals surface area contributed by atoms with Gasteiger partial charge < -0.3 is 14.2 Å². The van der Waals surface area contributed by atoms with Crippen LogP contribution in [0.3, 0.4) is 0 Å². The third-order valence-electron chi connectivity index (χ3n) is 3.34. The van der Waals surface area contributed by atoms with Crippen molar-refractivity contribution in [3.63, 3.8) is 0 Å². The van der Waals surface area contributed by atoms with Gasteiger partial charge in [0.1, 0.15) is 24.6 Å². The van der Waals surface area contributed by atoms with Gasteiger partial charge in [0.15, 0.2) is 0 Å². The van der Waals surface area contributed by atoms with Crippen LogP contribution in [0.5, 0.6) is 5.75 Å². The first kappa shape index (κ1) is 14.7. The van der Waals surface area contributed by atoms with E-state index < -0.39 is 0 Å². The molecule has 2 rings (SSSR count). The van der Waals surface area contributed by atoms with Gasteiger partial charge in [0.05, 0.1) is 12.3 Å². The van der Waals surface area contributed by atoms with Crippen LogP contribution in [0.2, 0.25) is 0 Å². The molecule has 0 unspecified atom stereocenters. The molecule has 4 heteroatoms. The lowest BCUT2D eigenvalue weighted by atomic mass is 9.92. The first-order valence-corrected chi connectivity index (χ1v) is 6.99. The van der Waals surface area contributed by atoms with Crippen molar-refractivity contribution in [2.24, 2.45) is 0 Å². The molecule has 1 heterocycles. The van der Waals surface area contributed by atoms with Gasteiger partial charge in [-0.2, -0.15) is 0 Å². The molecule has 4 nitrogen and oxygen atoms in total. The normalized spacial score (nSPS) is 20.5. The molecule has 0 saturated heterocycles. The number of hydrogen-bond donors (Lipinski definition) is 0. The average molecular weight is 275 g/mol. The van der Waals surface area contributed by atoms with E-state index in [-0.39, 0.29) is 6.10 Å². The molecule has 0 aromatic carbocycles. The van der Waals surface area contributed by atoms with Gasteiger partial charge in [-0.15, -0.1) is 0 Å². The van der Waals surface area contributed by atoms with E-state index in [1.54, 1.807) is 20.2 Å². The third kappa shape index (κ3) is 4.43. The Morgan fingerprint density at radius 1 is 1.30 bits per heavy atom. The maximum Gasteiger partial charge on any atom is 0.138 e. The highest BCUT2D eigenvalue weighted by Crippen LogP contribution is 2.27. The van der Waals surface area contributed by atoms with Gasteiger partial charge in [0.25, 0.3) is 0 Å². The number of aromatic nitrogens is 1. The first-order chi connectivity index (χ1) is 9.81. The van der Waals surface area contributed by atoms with Gasteiger partial charge in [-0.25, -0.2) is 0 Å². The molecule has 0 atom stereocenters. The molecule has 0 N–H and O–H groups in total. The lowest BCUT2D eigenvalue weighted by Gasteiger charge is -2.34. The van der Waals surface area contributed by atoms with Crippen molar-refractivity contribution in [2.75, 3.05) is 13.7 Å². The number of ether oxygens (including phenoxy) is 3. The number of pyridine rings is 1. The number of hydrogen-bond acceptors (Lipinski definition) is 4. The van der Waals surface area contributed by atoms with Crippen LogP contribution in [0.1, 0.15) is 31.9 Å². The molecule has 0 aliphatic heterocycles. The predicted molar refractivity (Wildman–Crippen MR) is 76.4 cm³/mol. The van der Waals surface area contributed by atoms with Crippen molar-refractivity contribution in [2.45, 2.75) is 44.8 Å². The Bertz CT molecular complexity index is 455. The second kappa shape index (κ2) is 7.76. The van der Waals surface area contributed by atoms with Crippen LogP contribution >= 0.6 is 0 Å². The van der Waals surface area contributed by atoms with E-state index in [2.05, 4.69) is 17.0 Å². The molecule has 1 fully saturated rings. The number of aryl methyl sites for hydroxylation is 1. The van der Waals surface area contributed by atoms with Gasteiger partial charge in [0, 0.05) is 32.6 Å². The van der Waals surface area contributed by atoms with E-state index in [0.29, 0.717) is 12.7 Å². The summed E-state index contributed by atoms with van der Waals surface area (Å²) in [6.07, 6.45) is 8.75. The van der Waals surface area contributed by atoms with Crippen molar-refractivity contribution in [3.05, 3.63) is 24.0 Å². The summed E-state index contributed by atoms with van der Waals surface area (Å²) in [5.41, 5.74) is 1.05. The van der Waals surface area contributed by atoms with Crippen LogP contribution in [-0.2, 0) is 15.9 Å². The molecule has 20 heavy (non-hydrogen) atoms. The number of nitrogens with zero attached hydrogens (tertiary/aromatic N) is 1. The Morgan fingerprint density at radius 2 is 2.15 bits per heavy atom. The fraction of sp³-hybridized carbons (Fsp3) is 0.562. The molecule has 0 amide bonds. The molecule has 1 aromatic heterocycles. The minimum absolute atomic E-state index is 0.272. The highest BCUT2D eigenvalue weighted by Gasteiger charge is 2.30. The summed E-state index contributed by atoms with van der Waals surface area (Å²) < 4.78 is 16.1. The third-order valence-corrected chi connectivity index (χ3v) is 3.34. The highest BCUT2D eigenvalue weighted by molar-refractivity contribution is 5.20. The van der Waals surface area contributed by atoms with Crippen molar-refractivity contribution >= 4 is 0 Å². The minimum Gasteiger partial charge on any atom is -0.489 e. The van der Waals surface area contributed by atoms with E-state index >= 15 is 0 Å². The molecule has 1 aliphatic rings. The Hall–Kier alpha value is -1.73. The fourth-order valence-corrected chi connectivity index (χ4v) is 2.08. The van der Waals surface area contributed by atoms with Crippen LogP contribution in [-0.4, -0.2) is 30.9 Å². The molecule has 1 aromatic rings. The van der Waals surface area contributed by atoms with Gasteiger partial charge in [0.2, 0.25) is 0 Å². The second-order valence-corrected chi connectivity index (χ2v) is 4.86. The lowest BCUT2D eigenvalue weighted by Crippen LogP contribution is -2.38. The van der Waals surface area contributed by atoms with Gasteiger partial charge in [-0.3, -0.25) is 4.98 Å². The summed E-state index contributed by atoms with van der Waals surface area (Å²) in [5.74, 6) is 3.53. The first-order valence-electron chi connectivity index (χ1n) is 6.99. The van der Waals surface area contributed by atoms with E-state index in [9.17, 15) is 0 Å². The summed E-state index contributed by atoms with van der Waals surface area (Å²) in [6, 6.07) is 3.99. The Kier molecular flexibility index (Phi) is 5.69. The molecule has 0 bridgehead atoms. The molecular formula is C16H21NO3. The quantitative estimate of drug-likeness (QED) is 0.566. The van der Waals surface area contributed by atoms with Crippen molar-refractivity contribution < 1.29 is 14.2 Å². The highest BCUT2D eigenvalue weighted by atomic mass is 16.5. The number of rotatable bonds is 7. The molecule has 0 radical (unpaired) electrons. The average Bonchev–Trinajstić information content (AvgIpc) is 2.43. The van der Waals surface area contributed by atoms with Crippen molar-refractivity contribution in [1.29, 1.82) is 0 Å². The lowest BCUT2D eigenvalue weighted by molar-refractivity contribution is -0.0382. The van der Waals surface area contributed by atoms with Crippen LogP contribution < -0.4 is 4.74 Å². The summed E-state index contributed by atoms with van der Waals surface area (Å²) in [7, 11) is 1.74. The molecule has 108 valence electrons. The molecule has 1 aliphatic carbocycles. The van der Waals surface area contributed by atoms with Gasteiger partial charge >= 0.3 is 0 Å². The maximum absolute atomic E-state index is 5.81. The van der Waals surface area contributed by atoms with Gasteiger partial charge in [-0.1, -0.05) is 5.92 Å². The number of methoxy groups -OCH3 is 1. The summed E-state index contributed by atoms with van der Waals surface area (Å²) in [6.45, 7) is 2.40. The minimum atomic E-state index is 0.272. The molecule has 0 spiro atoms. The van der Waals surface area contributed by atoms with E-state index in [4.69, 9.17) is 14.2 Å². The van der Waals surface area contributed by atoms with E-state index in [0.717, 1.165) is 37.1 Å². The van der Waals surface area contributed by atoms with E-state index in [1.165, 1.54) is 0 Å². The largest absolute Gasteiger partial charge is 0.489 e. The fourth-order valence-electron chi connectivity index (χ4n) is 2.08. The standard InChI is InChI=1S/C16H21NO3/c1-3-8-19-9-4-5-13-6-7-14(12-17-13)20-16-10-15(11-16)18-2/h6-7,12,15-16H,4-5,9-11H2,1-2H3. The molecular weight excluding hydrogens is 254 g/mol. The summed E-state index contributed by atoms with van der Waals surface area (Å²) in [4.78, 5) is 4.40. The zero-order valence-electron chi connectivity index (χ0n) is 12.1. The van der Waals surface area contributed by atoms with Crippen molar-refractivity contribution in [3.8, 4) is 17.8 Å². The Labute approximate surface area is 120 Å². The van der Waals surface area contributed by atoms with Gasteiger partial charge in [-0.05, 0) is 25.0 Å². The SMILES string of the molecule is CC#COCCCc1ccc(OC2CC(OC)C2)cn1. The Morgan fingerprint density at radius 3 is 2.80 bits per heavy atom. The molecule has 1 saturated carbocycles. The zero-order valence-corrected chi connectivity index (χ0v) is 12.1. The van der Waals surface area contributed by atoms with Crippen LogP contribution in [0.4, 0.5) is 0 Å². The summed E-state index contributed by atoms with van der Waals surface area (Å²) in [5, 5.41) is 0. The van der Waals surface area contributed by atoms with Crippen LogP contribution in [0.25, 0.3) is 0 Å². The van der Waals surface area contributed by atoms with E-state index in [1.807, 2.05) is 12.1 Å². The van der Waals surface area contributed by atoms with Crippen LogP contribution in [0, 0.1) is 12.0 Å². The second-order valence-electron chi connectivity index (χ2n) is 4.86. The predicted octanol–water partition coefficient (Wildman–Crippen LogP) is 2.57. The van der Waals surface area contributed by atoms with Crippen molar-refractivity contribution in [1.82, 2.24) is 4.98 Å². The maximum atomic E-state index is 5.81.